The molecule has 0 saturated carbocycles. The van der Waals surface area contributed by atoms with E-state index in [1.807, 2.05) is 11.8 Å². The van der Waals surface area contributed by atoms with E-state index in [1.165, 1.54) is 7.11 Å². The zero-order valence-electron chi connectivity index (χ0n) is 10.4. The molecule has 0 amide bonds. The number of anilines is 2. The van der Waals surface area contributed by atoms with Crippen molar-refractivity contribution in [1.82, 2.24) is 15.0 Å². The minimum absolute atomic E-state index is 0.0140. The van der Waals surface area contributed by atoms with Crippen molar-refractivity contribution in [3.05, 3.63) is 0 Å². The summed E-state index contributed by atoms with van der Waals surface area (Å²) in [5.74, 6) is 0.546. The summed E-state index contributed by atoms with van der Waals surface area (Å²) in [5.41, 5.74) is 5.59. The van der Waals surface area contributed by atoms with Gasteiger partial charge < -0.3 is 25.2 Å². The van der Waals surface area contributed by atoms with Gasteiger partial charge in [-0.05, 0) is 6.92 Å². The standard InChI is InChI=1S/C10H17N5O3/c1-6-3-15(4-7(5-16)18-6)9-12-8(11)13-10(14-9)17-2/h6-7,16H,3-5H2,1-2H3,(H2,11,12,13,14). The lowest BCUT2D eigenvalue weighted by Crippen LogP contribution is -2.48. The van der Waals surface area contributed by atoms with Gasteiger partial charge in [-0.3, -0.25) is 0 Å². The monoisotopic (exact) mass is 255 g/mol. The molecule has 100 valence electrons. The Labute approximate surface area is 105 Å². The van der Waals surface area contributed by atoms with E-state index in [2.05, 4.69) is 15.0 Å². The van der Waals surface area contributed by atoms with Crippen molar-refractivity contribution in [2.24, 2.45) is 0 Å². The summed E-state index contributed by atoms with van der Waals surface area (Å²) >= 11 is 0. The first-order chi connectivity index (χ1) is 8.62. The number of aromatic nitrogens is 3. The first kappa shape index (κ1) is 12.8. The molecule has 1 fully saturated rings. The van der Waals surface area contributed by atoms with Crippen molar-refractivity contribution in [2.45, 2.75) is 19.1 Å². The van der Waals surface area contributed by atoms with Crippen molar-refractivity contribution < 1.29 is 14.6 Å². The summed E-state index contributed by atoms with van der Waals surface area (Å²) < 4.78 is 10.5. The molecule has 0 radical (unpaired) electrons. The fourth-order valence-electron chi connectivity index (χ4n) is 1.90. The van der Waals surface area contributed by atoms with Crippen LogP contribution in [0.1, 0.15) is 6.92 Å². The zero-order chi connectivity index (χ0) is 13.1. The minimum atomic E-state index is -0.252. The third-order valence-electron chi connectivity index (χ3n) is 2.62. The van der Waals surface area contributed by atoms with Crippen molar-refractivity contribution >= 4 is 11.9 Å². The van der Waals surface area contributed by atoms with Gasteiger partial charge in [-0.1, -0.05) is 0 Å². The molecule has 18 heavy (non-hydrogen) atoms. The molecular weight excluding hydrogens is 238 g/mol. The van der Waals surface area contributed by atoms with Gasteiger partial charge in [0.05, 0.1) is 25.9 Å². The number of nitrogens with zero attached hydrogens (tertiary/aromatic N) is 4. The van der Waals surface area contributed by atoms with Crippen LogP contribution in [-0.2, 0) is 4.74 Å². The maximum atomic E-state index is 9.17. The lowest BCUT2D eigenvalue weighted by Gasteiger charge is -2.35. The van der Waals surface area contributed by atoms with Crippen LogP contribution in [0, 0.1) is 0 Å². The predicted molar refractivity (Wildman–Crippen MR) is 64.4 cm³/mol. The average Bonchev–Trinajstić information content (AvgIpc) is 2.37. The molecule has 1 aliphatic heterocycles. The van der Waals surface area contributed by atoms with Crippen LogP contribution in [0.15, 0.2) is 0 Å². The van der Waals surface area contributed by atoms with E-state index >= 15 is 0 Å². The third-order valence-corrected chi connectivity index (χ3v) is 2.62. The van der Waals surface area contributed by atoms with Crippen LogP contribution in [-0.4, -0.2) is 59.1 Å². The third kappa shape index (κ3) is 2.77. The maximum Gasteiger partial charge on any atom is 0.322 e. The number of morpholine rings is 1. The molecule has 1 aromatic heterocycles. The molecule has 2 atom stereocenters. The topological polar surface area (TPSA) is 107 Å². The van der Waals surface area contributed by atoms with Gasteiger partial charge in [-0.15, -0.1) is 0 Å². The molecule has 1 aromatic rings. The predicted octanol–water partition coefficient (Wildman–Crippen LogP) is -0.952. The van der Waals surface area contributed by atoms with Gasteiger partial charge in [0, 0.05) is 13.1 Å². The number of methoxy groups -OCH3 is 1. The number of aliphatic hydroxyl groups is 1. The molecule has 2 unspecified atom stereocenters. The number of aliphatic hydroxyl groups excluding tert-OH is 1. The highest BCUT2D eigenvalue weighted by Gasteiger charge is 2.27. The summed E-state index contributed by atoms with van der Waals surface area (Å²) in [6.45, 7) is 3.02. The highest BCUT2D eigenvalue weighted by molar-refractivity contribution is 5.36. The first-order valence-corrected chi connectivity index (χ1v) is 5.69. The lowest BCUT2D eigenvalue weighted by molar-refractivity contribution is -0.0425. The Kier molecular flexibility index (Phi) is 3.78. The second-order valence-electron chi connectivity index (χ2n) is 4.14. The molecule has 8 nitrogen and oxygen atoms in total. The molecule has 0 bridgehead atoms. The number of hydrogen-bond acceptors (Lipinski definition) is 8. The second kappa shape index (κ2) is 5.32. The Balaban J connectivity index is 2.21. The van der Waals surface area contributed by atoms with Crippen molar-refractivity contribution in [3.63, 3.8) is 0 Å². The van der Waals surface area contributed by atoms with Crippen molar-refractivity contribution in [3.8, 4) is 6.01 Å². The van der Waals surface area contributed by atoms with E-state index in [4.69, 9.17) is 15.2 Å². The molecule has 8 heteroatoms. The molecular formula is C10H17N5O3. The zero-order valence-corrected chi connectivity index (χ0v) is 10.4. The fraction of sp³-hybridized carbons (Fsp3) is 0.700. The van der Waals surface area contributed by atoms with Crippen LogP contribution in [0.4, 0.5) is 11.9 Å². The smallest absolute Gasteiger partial charge is 0.322 e. The van der Waals surface area contributed by atoms with Crippen LogP contribution >= 0.6 is 0 Å². The number of nitrogen functional groups attached to an aromatic ring is 1. The van der Waals surface area contributed by atoms with Crippen molar-refractivity contribution in [2.75, 3.05) is 37.4 Å². The van der Waals surface area contributed by atoms with Crippen LogP contribution < -0.4 is 15.4 Å². The summed E-state index contributed by atoms with van der Waals surface area (Å²) in [7, 11) is 1.47. The minimum Gasteiger partial charge on any atom is -0.467 e. The molecule has 0 aliphatic carbocycles. The van der Waals surface area contributed by atoms with E-state index in [9.17, 15) is 5.11 Å². The summed E-state index contributed by atoms with van der Waals surface area (Å²) in [6.07, 6.45) is -0.266. The number of hydrogen-bond donors (Lipinski definition) is 2. The van der Waals surface area contributed by atoms with Gasteiger partial charge in [0.15, 0.2) is 0 Å². The van der Waals surface area contributed by atoms with E-state index in [0.29, 0.717) is 19.0 Å². The van der Waals surface area contributed by atoms with Gasteiger partial charge in [0.1, 0.15) is 0 Å². The molecule has 2 rings (SSSR count). The van der Waals surface area contributed by atoms with Crippen LogP contribution in [0.3, 0.4) is 0 Å². The molecule has 0 aromatic carbocycles. The Morgan fingerprint density at radius 3 is 2.89 bits per heavy atom. The Bertz CT molecular complexity index is 416. The highest BCUT2D eigenvalue weighted by atomic mass is 16.5. The largest absolute Gasteiger partial charge is 0.467 e. The molecule has 3 N–H and O–H groups in total. The Morgan fingerprint density at radius 2 is 2.22 bits per heavy atom. The summed E-state index contributed by atoms with van der Waals surface area (Å²) in [4.78, 5) is 13.9. The van der Waals surface area contributed by atoms with Crippen LogP contribution in [0.25, 0.3) is 0 Å². The van der Waals surface area contributed by atoms with Gasteiger partial charge in [-0.25, -0.2) is 0 Å². The Morgan fingerprint density at radius 1 is 1.44 bits per heavy atom. The molecule has 0 spiro atoms. The number of rotatable bonds is 3. The van der Waals surface area contributed by atoms with Gasteiger partial charge >= 0.3 is 6.01 Å². The fourth-order valence-corrected chi connectivity index (χ4v) is 1.90. The molecule has 2 heterocycles. The maximum absolute atomic E-state index is 9.17. The van der Waals surface area contributed by atoms with E-state index in [-0.39, 0.29) is 30.8 Å². The number of ether oxygens (including phenoxy) is 2. The van der Waals surface area contributed by atoms with E-state index < -0.39 is 0 Å². The lowest BCUT2D eigenvalue weighted by atomic mass is 10.2. The summed E-state index contributed by atoms with van der Waals surface area (Å²) in [6, 6.07) is 0.178. The van der Waals surface area contributed by atoms with Crippen molar-refractivity contribution in [1.29, 1.82) is 0 Å². The van der Waals surface area contributed by atoms with E-state index in [0.717, 1.165) is 0 Å². The van der Waals surface area contributed by atoms with Gasteiger partial charge in [-0.2, -0.15) is 15.0 Å². The normalized spacial score (nSPS) is 24.1. The highest BCUT2D eigenvalue weighted by Crippen LogP contribution is 2.18. The van der Waals surface area contributed by atoms with Gasteiger partial charge in [0.25, 0.3) is 0 Å². The first-order valence-electron chi connectivity index (χ1n) is 5.69. The summed E-state index contributed by atoms with van der Waals surface area (Å²) in [5, 5.41) is 9.17. The Hall–Kier alpha value is -1.67. The quantitative estimate of drug-likeness (QED) is 0.712. The van der Waals surface area contributed by atoms with Crippen LogP contribution in [0.5, 0.6) is 6.01 Å². The van der Waals surface area contributed by atoms with Crippen LogP contribution in [0.2, 0.25) is 0 Å². The second-order valence-corrected chi connectivity index (χ2v) is 4.14. The molecule has 1 saturated heterocycles. The van der Waals surface area contributed by atoms with Gasteiger partial charge in [0.2, 0.25) is 11.9 Å². The average molecular weight is 255 g/mol. The number of nitrogens with two attached hydrogens (primary N) is 1. The SMILES string of the molecule is COc1nc(N)nc(N2CC(C)OC(CO)C2)n1. The van der Waals surface area contributed by atoms with E-state index in [1.54, 1.807) is 0 Å². The molecule has 1 aliphatic rings.